The lowest BCUT2D eigenvalue weighted by molar-refractivity contribution is 0.0787. The average Bonchev–Trinajstić information content (AvgIpc) is 3.50. The molecular formula is C21H20N4O3S. The van der Waals surface area contributed by atoms with Crippen LogP contribution in [0.5, 0.6) is 5.75 Å². The maximum atomic E-state index is 13.1. The number of hydrogen-bond acceptors (Lipinski definition) is 6. The Morgan fingerprint density at radius 2 is 1.93 bits per heavy atom. The number of amides is 1. The summed E-state index contributed by atoms with van der Waals surface area (Å²) in [5.74, 6) is 1.49. The van der Waals surface area contributed by atoms with E-state index in [9.17, 15) is 9.59 Å². The Morgan fingerprint density at radius 3 is 2.66 bits per heavy atom. The van der Waals surface area contributed by atoms with Crippen LogP contribution in [0.3, 0.4) is 0 Å². The van der Waals surface area contributed by atoms with Crippen LogP contribution in [0.2, 0.25) is 0 Å². The fraction of sp³-hybridized carbons (Fsp3) is 0.333. The van der Waals surface area contributed by atoms with E-state index < -0.39 is 0 Å². The SMILES string of the molecule is COc1ccc(-c2nnc3n(c2=O)CC[C@@]32CCN(C(=O)c3cccs3)C2)cc1. The van der Waals surface area contributed by atoms with Gasteiger partial charge in [-0.2, -0.15) is 0 Å². The molecule has 1 spiro atoms. The third-order valence-electron chi connectivity index (χ3n) is 5.97. The average molecular weight is 408 g/mol. The van der Waals surface area contributed by atoms with Crippen molar-refractivity contribution in [2.75, 3.05) is 20.2 Å². The van der Waals surface area contributed by atoms with Gasteiger partial charge in [-0.05, 0) is 48.6 Å². The molecule has 5 rings (SSSR count). The molecule has 8 heteroatoms. The molecule has 0 saturated carbocycles. The number of nitrogens with zero attached hydrogens (tertiary/aromatic N) is 4. The number of fused-ring (bicyclic) bond motifs is 2. The highest BCUT2D eigenvalue weighted by atomic mass is 32.1. The molecule has 0 bridgehead atoms. The van der Waals surface area contributed by atoms with Crippen LogP contribution >= 0.6 is 11.3 Å². The van der Waals surface area contributed by atoms with Gasteiger partial charge in [-0.15, -0.1) is 21.5 Å². The van der Waals surface area contributed by atoms with E-state index in [1.807, 2.05) is 34.5 Å². The van der Waals surface area contributed by atoms with Crippen LogP contribution in [0, 0.1) is 0 Å². The minimum Gasteiger partial charge on any atom is -0.497 e. The zero-order chi connectivity index (χ0) is 20.0. The number of hydrogen-bond donors (Lipinski definition) is 0. The minimum absolute atomic E-state index is 0.0560. The van der Waals surface area contributed by atoms with Crippen LogP contribution in [-0.4, -0.2) is 45.8 Å². The number of carbonyl (C=O) groups excluding carboxylic acids is 1. The maximum absolute atomic E-state index is 13.1. The van der Waals surface area contributed by atoms with E-state index in [2.05, 4.69) is 10.2 Å². The predicted molar refractivity (Wildman–Crippen MR) is 109 cm³/mol. The number of rotatable bonds is 3. The molecule has 1 amide bonds. The molecule has 3 aromatic rings. The monoisotopic (exact) mass is 408 g/mol. The first-order valence-electron chi connectivity index (χ1n) is 9.56. The van der Waals surface area contributed by atoms with Crippen LogP contribution < -0.4 is 10.3 Å². The van der Waals surface area contributed by atoms with Gasteiger partial charge < -0.3 is 9.64 Å². The van der Waals surface area contributed by atoms with Gasteiger partial charge in [0.1, 0.15) is 11.6 Å². The third-order valence-corrected chi connectivity index (χ3v) is 6.83. The molecule has 0 unspecified atom stereocenters. The second kappa shape index (κ2) is 6.81. The van der Waals surface area contributed by atoms with Crippen molar-refractivity contribution in [1.29, 1.82) is 0 Å². The molecule has 1 atom stereocenters. The lowest BCUT2D eigenvalue weighted by Crippen LogP contribution is -2.35. The summed E-state index contributed by atoms with van der Waals surface area (Å²) in [4.78, 5) is 28.5. The number of benzene rings is 1. The first-order chi connectivity index (χ1) is 14.1. The van der Waals surface area contributed by atoms with E-state index in [4.69, 9.17) is 4.74 Å². The van der Waals surface area contributed by atoms with Gasteiger partial charge in [0.05, 0.1) is 17.4 Å². The molecule has 1 saturated heterocycles. The van der Waals surface area contributed by atoms with Crippen LogP contribution in [0.1, 0.15) is 28.3 Å². The predicted octanol–water partition coefficient (Wildman–Crippen LogP) is 2.56. The molecule has 7 nitrogen and oxygen atoms in total. The molecule has 148 valence electrons. The summed E-state index contributed by atoms with van der Waals surface area (Å²) >= 11 is 1.46. The van der Waals surface area contributed by atoms with Crippen LogP contribution in [0.15, 0.2) is 46.6 Å². The summed E-state index contributed by atoms with van der Waals surface area (Å²) in [6.45, 7) is 1.86. The lowest BCUT2D eigenvalue weighted by atomic mass is 9.85. The van der Waals surface area contributed by atoms with Crippen LogP contribution in [-0.2, 0) is 12.0 Å². The van der Waals surface area contributed by atoms with Crippen LogP contribution in [0.25, 0.3) is 11.3 Å². The molecule has 4 heterocycles. The van der Waals surface area contributed by atoms with E-state index in [1.54, 1.807) is 23.8 Å². The maximum Gasteiger partial charge on any atom is 0.280 e. The number of carbonyl (C=O) groups is 1. The summed E-state index contributed by atoms with van der Waals surface area (Å²) in [5, 5.41) is 10.7. The number of ether oxygens (including phenoxy) is 1. The Morgan fingerprint density at radius 1 is 1.14 bits per heavy atom. The molecule has 2 aliphatic heterocycles. The molecule has 0 radical (unpaired) electrons. The van der Waals surface area contributed by atoms with Gasteiger partial charge in [-0.25, -0.2) is 0 Å². The van der Waals surface area contributed by atoms with Gasteiger partial charge in [0.25, 0.3) is 11.5 Å². The fourth-order valence-corrected chi connectivity index (χ4v) is 5.06. The topological polar surface area (TPSA) is 77.3 Å². The van der Waals surface area contributed by atoms with E-state index in [-0.39, 0.29) is 16.9 Å². The van der Waals surface area contributed by atoms with Crippen molar-refractivity contribution in [3.8, 4) is 17.0 Å². The first-order valence-corrected chi connectivity index (χ1v) is 10.4. The number of thiophene rings is 1. The molecule has 2 aromatic heterocycles. The van der Waals surface area contributed by atoms with Crippen molar-refractivity contribution in [1.82, 2.24) is 19.7 Å². The van der Waals surface area contributed by atoms with E-state index in [0.717, 1.165) is 29.0 Å². The number of aromatic nitrogens is 3. The Kier molecular flexibility index (Phi) is 4.24. The molecule has 29 heavy (non-hydrogen) atoms. The Hall–Kier alpha value is -3.00. The third kappa shape index (κ3) is 2.86. The highest BCUT2D eigenvalue weighted by Crippen LogP contribution is 2.41. The number of methoxy groups -OCH3 is 1. The standard InChI is InChI=1S/C21H20N4O3S/c1-28-15-6-4-14(5-7-15)17-19(27)25-11-9-21(20(25)23-22-17)8-10-24(13-21)18(26)16-3-2-12-29-16/h2-7,12H,8-11,13H2,1H3/t21-/m1/s1. The summed E-state index contributed by atoms with van der Waals surface area (Å²) in [7, 11) is 1.60. The van der Waals surface area contributed by atoms with Crippen molar-refractivity contribution in [2.45, 2.75) is 24.8 Å². The zero-order valence-electron chi connectivity index (χ0n) is 16.0. The van der Waals surface area contributed by atoms with Gasteiger partial charge in [0.2, 0.25) is 0 Å². The highest BCUT2D eigenvalue weighted by Gasteiger charge is 2.48. The van der Waals surface area contributed by atoms with Crippen LogP contribution in [0.4, 0.5) is 0 Å². The van der Waals surface area contributed by atoms with E-state index in [0.29, 0.717) is 31.2 Å². The molecule has 1 aromatic carbocycles. The first kappa shape index (κ1) is 18.1. The Bertz CT molecular complexity index is 1120. The van der Waals surface area contributed by atoms with Gasteiger partial charge in [-0.1, -0.05) is 6.07 Å². The molecule has 2 aliphatic rings. The van der Waals surface area contributed by atoms with Crippen molar-refractivity contribution in [3.05, 3.63) is 62.8 Å². The van der Waals surface area contributed by atoms with Crippen molar-refractivity contribution in [3.63, 3.8) is 0 Å². The summed E-state index contributed by atoms with van der Waals surface area (Å²) in [6.07, 6.45) is 1.61. The largest absolute Gasteiger partial charge is 0.497 e. The lowest BCUT2D eigenvalue weighted by Gasteiger charge is -2.22. The van der Waals surface area contributed by atoms with Crippen molar-refractivity contribution in [2.24, 2.45) is 0 Å². The molecular weight excluding hydrogens is 388 g/mol. The van der Waals surface area contributed by atoms with Gasteiger partial charge in [0, 0.05) is 25.2 Å². The smallest absolute Gasteiger partial charge is 0.280 e. The quantitative estimate of drug-likeness (QED) is 0.666. The van der Waals surface area contributed by atoms with Crippen molar-refractivity contribution >= 4 is 17.2 Å². The molecule has 1 fully saturated rings. The second-order valence-electron chi connectivity index (χ2n) is 7.54. The van der Waals surface area contributed by atoms with Gasteiger partial charge >= 0.3 is 0 Å². The van der Waals surface area contributed by atoms with E-state index in [1.165, 1.54) is 11.3 Å². The zero-order valence-corrected chi connectivity index (χ0v) is 16.8. The summed E-state index contributed by atoms with van der Waals surface area (Å²) < 4.78 is 6.92. The normalized spacial score (nSPS) is 20.2. The number of likely N-dealkylation sites (tertiary alicyclic amines) is 1. The van der Waals surface area contributed by atoms with Crippen molar-refractivity contribution < 1.29 is 9.53 Å². The summed E-state index contributed by atoms with van der Waals surface area (Å²) in [6, 6.07) is 11.0. The second-order valence-corrected chi connectivity index (χ2v) is 8.49. The highest BCUT2D eigenvalue weighted by molar-refractivity contribution is 7.12. The Labute approximate surface area is 171 Å². The van der Waals surface area contributed by atoms with Gasteiger partial charge in [0.15, 0.2) is 5.69 Å². The minimum atomic E-state index is -0.280. The molecule has 0 aliphatic carbocycles. The van der Waals surface area contributed by atoms with Gasteiger partial charge in [-0.3, -0.25) is 14.2 Å². The summed E-state index contributed by atoms with van der Waals surface area (Å²) in [5.41, 5.74) is 0.663. The van der Waals surface area contributed by atoms with E-state index >= 15 is 0 Å². The molecule has 0 N–H and O–H groups in total. The Balaban J connectivity index is 1.45. The fourth-order valence-electron chi connectivity index (χ4n) is 4.37.